The second kappa shape index (κ2) is 7.56. The van der Waals surface area contributed by atoms with E-state index in [0.29, 0.717) is 49.4 Å². The number of unbranched alkanes of at least 4 members (excludes halogenated alkanes) is 1. The maximum absolute atomic E-state index is 11.8. The van der Waals surface area contributed by atoms with E-state index in [2.05, 4.69) is 45.4 Å². The van der Waals surface area contributed by atoms with Gasteiger partial charge in [0.2, 0.25) is 11.8 Å². The van der Waals surface area contributed by atoms with E-state index in [1.807, 2.05) is 0 Å². The SMILES string of the molecule is O=C(CCCCC(=O)N/N=C1/C[C@@H]2CC=C[C@H]12)N/N=C1/C[C@@H]2CC=C[C@H]12. The zero-order chi connectivity index (χ0) is 17.9. The summed E-state index contributed by atoms with van der Waals surface area (Å²) in [4.78, 5) is 23.7. The predicted molar refractivity (Wildman–Crippen MR) is 100 cm³/mol. The Morgan fingerprint density at radius 3 is 1.73 bits per heavy atom. The van der Waals surface area contributed by atoms with Gasteiger partial charge in [-0.2, -0.15) is 10.2 Å². The number of fused-ring (bicyclic) bond motifs is 2. The van der Waals surface area contributed by atoms with E-state index in [1.165, 1.54) is 0 Å². The molecule has 0 heterocycles. The maximum Gasteiger partial charge on any atom is 0.240 e. The van der Waals surface area contributed by atoms with Crippen molar-refractivity contribution in [3.8, 4) is 0 Å². The van der Waals surface area contributed by atoms with Crippen LogP contribution in [0.25, 0.3) is 0 Å². The van der Waals surface area contributed by atoms with E-state index < -0.39 is 0 Å². The second-order valence-electron chi connectivity index (χ2n) is 7.79. The Labute approximate surface area is 153 Å². The maximum atomic E-state index is 11.8. The highest BCUT2D eigenvalue weighted by atomic mass is 16.2. The van der Waals surface area contributed by atoms with Crippen LogP contribution in [0.15, 0.2) is 34.5 Å². The van der Waals surface area contributed by atoms with Crippen molar-refractivity contribution in [3.63, 3.8) is 0 Å². The van der Waals surface area contributed by atoms with Crippen molar-refractivity contribution in [2.75, 3.05) is 0 Å². The Bertz CT molecular complexity index is 647. The first-order chi connectivity index (χ1) is 12.7. The molecule has 0 bridgehead atoms. The zero-order valence-corrected chi connectivity index (χ0v) is 15.0. The number of hydrazone groups is 2. The Kier molecular flexibility index (Phi) is 5.00. The van der Waals surface area contributed by atoms with Crippen LogP contribution in [-0.2, 0) is 9.59 Å². The fourth-order valence-electron chi connectivity index (χ4n) is 4.27. The van der Waals surface area contributed by atoms with Crippen molar-refractivity contribution >= 4 is 23.2 Å². The first-order valence-electron chi connectivity index (χ1n) is 9.74. The quantitative estimate of drug-likeness (QED) is 0.419. The summed E-state index contributed by atoms with van der Waals surface area (Å²) in [5, 5.41) is 8.48. The molecule has 26 heavy (non-hydrogen) atoms. The minimum atomic E-state index is -0.0721. The molecule has 6 nitrogen and oxygen atoms in total. The third kappa shape index (κ3) is 3.64. The van der Waals surface area contributed by atoms with Gasteiger partial charge in [0.1, 0.15) is 0 Å². The van der Waals surface area contributed by atoms with Gasteiger partial charge in [-0.25, -0.2) is 10.9 Å². The van der Waals surface area contributed by atoms with Crippen LogP contribution in [0.4, 0.5) is 0 Å². The summed E-state index contributed by atoms with van der Waals surface area (Å²) in [5.74, 6) is 2.18. The molecule has 6 heteroatoms. The smallest absolute Gasteiger partial charge is 0.240 e. The molecule has 0 aromatic carbocycles. The monoisotopic (exact) mass is 354 g/mol. The van der Waals surface area contributed by atoms with Crippen LogP contribution in [-0.4, -0.2) is 23.2 Å². The molecular weight excluding hydrogens is 328 g/mol. The van der Waals surface area contributed by atoms with Crippen molar-refractivity contribution < 1.29 is 9.59 Å². The highest BCUT2D eigenvalue weighted by molar-refractivity contribution is 5.96. The lowest BCUT2D eigenvalue weighted by Crippen LogP contribution is -2.35. The Hall–Kier alpha value is -2.24. The minimum Gasteiger partial charge on any atom is -0.273 e. The van der Waals surface area contributed by atoms with Gasteiger partial charge in [-0.1, -0.05) is 24.3 Å². The number of hydrogen-bond donors (Lipinski definition) is 2. The molecule has 4 rings (SSSR count). The second-order valence-corrected chi connectivity index (χ2v) is 7.79. The van der Waals surface area contributed by atoms with Crippen molar-refractivity contribution in [3.05, 3.63) is 24.3 Å². The van der Waals surface area contributed by atoms with Crippen LogP contribution < -0.4 is 10.9 Å². The van der Waals surface area contributed by atoms with Crippen molar-refractivity contribution in [2.24, 2.45) is 33.9 Å². The highest BCUT2D eigenvalue weighted by Gasteiger charge is 2.38. The number of carbonyl (C=O) groups is 2. The lowest BCUT2D eigenvalue weighted by Gasteiger charge is -2.31. The summed E-state index contributed by atoms with van der Waals surface area (Å²) in [7, 11) is 0. The van der Waals surface area contributed by atoms with E-state index >= 15 is 0 Å². The number of carbonyl (C=O) groups excluding carboxylic acids is 2. The number of hydrogen-bond acceptors (Lipinski definition) is 4. The van der Waals surface area contributed by atoms with E-state index in [9.17, 15) is 9.59 Å². The number of amides is 2. The molecule has 0 aromatic rings. The lowest BCUT2D eigenvalue weighted by molar-refractivity contribution is -0.123. The fraction of sp³-hybridized carbons (Fsp3) is 0.600. The summed E-state index contributed by atoms with van der Waals surface area (Å²) < 4.78 is 0. The Balaban J connectivity index is 1.07. The number of allylic oxidation sites excluding steroid dienone is 4. The summed E-state index contributed by atoms with van der Waals surface area (Å²) in [6, 6.07) is 0. The molecule has 0 radical (unpaired) electrons. The molecule has 138 valence electrons. The summed E-state index contributed by atoms with van der Waals surface area (Å²) in [6.07, 6.45) is 15.2. The van der Waals surface area contributed by atoms with Gasteiger partial charge in [-0.15, -0.1) is 0 Å². The zero-order valence-electron chi connectivity index (χ0n) is 15.0. The third-order valence-corrected chi connectivity index (χ3v) is 6.00. The molecule has 4 aliphatic carbocycles. The molecular formula is C20H26N4O2. The molecule has 0 spiro atoms. The molecule has 0 aromatic heterocycles. The van der Waals surface area contributed by atoms with E-state index in [-0.39, 0.29) is 11.8 Å². The minimum absolute atomic E-state index is 0.0721. The van der Waals surface area contributed by atoms with Crippen molar-refractivity contribution in [1.29, 1.82) is 0 Å². The molecule has 0 unspecified atom stereocenters. The molecule has 0 aliphatic heterocycles. The fourth-order valence-corrected chi connectivity index (χ4v) is 4.27. The van der Waals surface area contributed by atoms with Crippen molar-refractivity contribution in [1.82, 2.24) is 10.9 Å². The number of nitrogens with one attached hydrogen (secondary N) is 2. The summed E-state index contributed by atoms with van der Waals surface area (Å²) in [6.45, 7) is 0. The number of rotatable bonds is 7. The van der Waals surface area contributed by atoms with Gasteiger partial charge in [0.15, 0.2) is 0 Å². The molecule has 2 N–H and O–H groups in total. The lowest BCUT2D eigenvalue weighted by atomic mass is 9.74. The third-order valence-electron chi connectivity index (χ3n) is 6.00. The highest BCUT2D eigenvalue weighted by Crippen LogP contribution is 2.40. The average Bonchev–Trinajstić information content (AvgIpc) is 3.15. The molecule has 2 saturated carbocycles. The average molecular weight is 354 g/mol. The van der Waals surface area contributed by atoms with Crippen LogP contribution in [0.3, 0.4) is 0 Å². The molecule has 0 saturated heterocycles. The summed E-state index contributed by atoms with van der Waals surface area (Å²) in [5.41, 5.74) is 7.47. The van der Waals surface area contributed by atoms with Gasteiger partial charge >= 0.3 is 0 Å². The largest absolute Gasteiger partial charge is 0.273 e. The van der Waals surface area contributed by atoms with E-state index in [0.717, 1.165) is 37.1 Å². The Morgan fingerprint density at radius 2 is 1.31 bits per heavy atom. The van der Waals surface area contributed by atoms with Gasteiger partial charge in [0.25, 0.3) is 0 Å². The first kappa shape index (κ1) is 17.2. The van der Waals surface area contributed by atoms with Gasteiger partial charge in [-0.05, 0) is 50.4 Å². The molecule has 4 atom stereocenters. The van der Waals surface area contributed by atoms with Crippen LogP contribution in [0, 0.1) is 23.7 Å². The van der Waals surface area contributed by atoms with Crippen molar-refractivity contribution in [2.45, 2.75) is 51.4 Å². The Morgan fingerprint density at radius 1 is 0.846 bits per heavy atom. The van der Waals surface area contributed by atoms with Gasteiger partial charge in [0, 0.05) is 36.1 Å². The predicted octanol–water partition coefficient (Wildman–Crippen LogP) is 2.68. The topological polar surface area (TPSA) is 82.9 Å². The van der Waals surface area contributed by atoms with Gasteiger partial charge < -0.3 is 0 Å². The molecule has 2 amide bonds. The van der Waals surface area contributed by atoms with Crippen LogP contribution in [0.1, 0.15) is 51.4 Å². The van der Waals surface area contributed by atoms with Crippen LogP contribution >= 0.6 is 0 Å². The first-order valence-corrected chi connectivity index (χ1v) is 9.74. The van der Waals surface area contributed by atoms with E-state index in [1.54, 1.807) is 0 Å². The van der Waals surface area contributed by atoms with Gasteiger partial charge in [-0.3, -0.25) is 9.59 Å². The molecule has 4 aliphatic rings. The standard InChI is InChI=1S/C20H26N4O2/c25-19(23-21-17-11-13-5-3-7-15(13)17)9-1-2-10-20(26)24-22-18-12-14-6-4-8-16(14)18/h3-4,7-8,13-16H,1-2,5-6,9-12H2,(H,23,25)(H,24,26)/b21-17-,22-18-/t13-,14-,15-,16-/m0/s1. The van der Waals surface area contributed by atoms with E-state index in [4.69, 9.17) is 0 Å². The number of nitrogens with zero attached hydrogens (tertiary/aromatic N) is 2. The van der Waals surface area contributed by atoms with Gasteiger partial charge in [0.05, 0.1) is 0 Å². The summed E-state index contributed by atoms with van der Waals surface area (Å²) >= 11 is 0. The van der Waals surface area contributed by atoms with Crippen LogP contribution in [0.5, 0.6) is 0 Å². The molecule has 2 fully saturated rings. The normalized spacial score (nSPS) is 33.5. The van der Waals surface area contributed by atoms with Crippen LogP contribution in [0.2, 0.25) is 0 Å².